The zero-order chi connectivity index (χ0) is 36.1. The van der Waals surface area contributed by atoms with E-state index in [1.54, 1.807) is 0 Å². The van der Waals surface area contributed by atoms with E-state index < -0.39 is 88.8 Å². The van der Waals surface area contributed by atoms with Crippen molar-refractivity contribution >= 4 is 79.7 Å². The molecular weight excluding hydrogens is 733 g/mol. The molecule has 4 rings (SSSR count). The minimum Gasteiger partial charge on any atom is -0.505 e. The van der Waals surface area contributed by atoms with Gasteiger partial charge in [0.25, 0.3) is 40.5 Å². The smallest absolute Gasteiger partial charge is 0.300 e. The van der Waals surface area contributed by atoms with Crippen molar-refractivity contribution in [3.05, 3.63) is 59.7 Å². The van der Waals surface area contributed by atoms with Crippen LogP contribution in [-0.4, -0.2) is 64.0 Å². The van der Waals surface area contributed by atoms with Gasteiger partial charge >= 0.3 is 0 Å². The number of benzene rings is 4. The zero-order valence-corrected chi connectivity index (χ0v) is 27.0. The molecule has 0 aliphatic carbocycles. The third-order valence-corrected chi connectivity index (χ3v) is 9.83. The molecule has 0 bridgehead atoms. The second-order valence-corrected chi connectivity index (χ2v) is 15.0. The summed E-state index contributed by atoms with van der Waals surface area (Å²) in [6, 6.07) is 6.70. The molecule has 0 unspecified atom stereocenters. The summed E-state index contributed by atoms with van der Waals surface area (Å²) in [7, 11) is -20.4. The van der Waals surface area contributed by atoms with Gasteiger partial charge in [-0.2, -0.15) is 33.7 Å². The topological polar surface area (TPSA) is 299 Å². The van der Waals surface area contributed by atoms with Gasteiger partial charge in [0.2, 0.25) is 0 Å². The van der Waals surface area contributed by atoms with Crippen LogP contribution in [0.4, 0.5) is 37.2 Å². The van der Waals surface area contributed by atoms with Crippen molar-refractivity contribution in [2.24, 2.45) is 20.5 Å². The summed E-state index contributed by atoms with van der Waals surface area (Å²) in [6.07, 6.45) is 0. The van der Waals surface area contributed by atoms with Crippen LogP contribution in [0.1, 0.15) is 5.56 Å². The Hall–Kier alpha value is -4.56. The Kier molecular flexibility index (Phi) is 9.43. The fourth-order valence-electron chi connectivity index (χ4n) is 4.25. The molecule has 4 aromatic rings. The van der Waals surface area contributed by atoms with Crippen molar-refractivity contribution in [3.63, 3.8) is 0 Å². The average Bonchev–Trinajstić information content (AvgIpc) is 2.92. The summed E-state index contributed by atoms with van der Waals surface area (Å²) in [6.45, 7) is 1.53. The predicted octanol–water partition coefficient (Wildman–Crippen LogP) is 4.99. The molecule has 0 saturated carbocycles. The van der Waals surface area contributed by atoms with Gasteiger partial charge in [-0.15, -0.1) is 20.5 Å². The molecule has 0 aromatic heterocycles. The highest BCUT2D eigenvalue weighted by molar-refractivity contribution is 7.87. The Morgan fingerprint density at radius 2 is 1.19 bits per heavy atom. The van der Waals surface area contributed by atoms with E-state index in [-0.39, 0.29) is 33.9 Å². The number of nitrogens with one attached hydrogen (secondary N) is 1. The number of hydrogen-bond donors (Lipinski definition) is 6. The number of phenolic OH excluding ortho intramolecular Hbond substituents is 1. The second kappa shape index (κ2) is 12.5. The molecule has 18 nitrogen and oxygen atoms in total. The van der Waals surface area contributed by atoms with E-state index in [9.17, 15) is 61.2 Å². The van der Waals surface area contributed by atoms with Gasteiger partial charge in [0.1, 0.15) is 38.4 Å². The lowest BCUT2D eigenvalue weighted by molar-refractivity contribution is 0.442. The second-order valence-electron chi connectivity index (χ2n) is 9.50. The van der Waals surface area contributed by atoms with Crippen LogP contribution >= 0.6 is 0 Å². The minimum atomic E-state index is -5.79. The number of aryl methyl sites for hydroxylation is 1. The standard InChI is InChI=1S/C24H19F2N5O13S4/c1-10-3-5-14(17(7-10)45(33,34)35)28-30-20-12-8-18(46(36,37)38)21(22(32)11(12)4-6-15(20)27-2)31-29-16-9-13(25)23(47(39,40)41)19(26)24(16)48(42,43)44/h3-9,27,32H,1-2H3,(H,33,34,35)(H,36,37,38)(H,39,40,41)(H,42,43,44). The molecule has 24 heteroatoms. The van der Waals surface area contributed by atoms with Crippen LogP contribution in [-0.2, 0) is 40.5 Å². The average molecular weight is 752 g/mol. The number of halogens is 2. The van der Waals surface area contributed by atoms with Gasteiger partial charge in [-0.05, 0) is 42.8 Å². The first-order valence-electron chi connectivity index (χ1n) is 12.3. The number of nitrogens with zero attached hydrogens (tertiary/aromatic N) is 4. The Morgan fingerprint density at radius 1 is 0.625 bits per heavy atom. The van der Waals surface area contributed by atoms with Crippen molar-refractivity contribution in [2.75, 3.05) is 12.4 Å². The summed E-state index contributed by atoms with van der Waals surface area (Å²) >= 11 is 0. The molecule has 0 amide bonds. The monoisotopic (exact) mass is 751 g/mol. The van der Waals surface area contributed by atoms with E-state index in [0.29, 0.717) is 11.6 Å². The van der Waals surface area contributed by atoms with Gasteiger partial charge in [-0.25, -0.2) is 8.78 Å². The van der Waals surface area contributed by atoms with Crippen molar-refractivity contribution in [3.8, 4) is 5.75 Å². The third kappa shape index (κ3) is 7.14. The van der Waals surface area contributed by atoms with Gasteiger partial charge < -0.3 is 10.4 Å². The first kappa shape index (κ1) is 36.3. The third-order valence-electron chi connectivity index (χ3n) is 6.29. The number of fused-ring (bicyclic) bond motifs is 1. The predicted molar refractivity (Wildman–Crippen MR) is 160 cm³/mol. The first-order chi connectivity index (χ1) is 22.0. The van der Waals surface area contributed by atoms with E-state index in [1.807, 2.05) is 0 Å². The van der Waals surface area contributed by atoms with Crippen LogP contribution in [0.5, 0.6) is 5.75 Å². The maximum absolute atomic E-state index is 14.8. The highest BCUT2D eigenvalue weighted by Gasteiger charge is 2.33. The number of hydrogen-bond acceptors (Lipinski definition) is 14. The quantitative estimate of drug-likeness (QED) is 0.0970. The Morgan fingerprint density at radius 3 is 1.73 bits per heavy atom. The van der Waals surface area contributed by atoms with E-state index in [0.717, 1.165) is 12.1 Å². The molecule has 0 radical (unpaired) electrons. The number of anilines is 1. The van der Waals surface area contributed by atoms with E-state index in [2.05, 4.69) is 25.8 Å². The number of azo groups is 2. The summed E-state index contributed by atoms with van der Waals surface area (Å²) in [5.74, 6) is -5.76. The highest BCUT2D eigenvalue weighted by atomic mass is 32.2. The van der Waals surface area contributed by atoms with Crippen LogP contribution in [0, 0.1) is 18.6 Å². The number of rotatable bonds is 9. The molecular formula is C24H19F2N5O13S4. The van der Waals surface area contributed by atoms with Crippen LogP contribution in [0.2, 0.25) is 0 Å². The molecule has 4 aromatic carbocycles. The van der Waals surface area contributed by atoms with E-state index in [1.165, 1.54) is 32.2 Å². The van der Waals surface area contributed by atoms with Gasteiger partial charge in [-0.3, -0.25) is 18.2 Å². The van der Waals surface area contributed by atoms with Crippen molar-refractivity contribution in [2.45, 2.75) is 26.5 Å². The van der Waals surface area contributed by atoms with Crippen molar-refractivity contribution < 1.29 is 65.8 Å². The maximum Gasteiger partial charge on any atom is 0.300 e. The summed E-state index contributed by atoms with van der Waals surface area (Å²) in [5, 5.41) is 27.4. The molecule has 0 fully saturated rings. The molecule has 0 aliphatic heterocycles. The van der Waals surface area contributed by atoms with Gasteiger partial charge in [-0.1, -0.05) is 6.07 Å². The van der Waals surface area contributed by atoms with E-state index >= 15 is 0 Å². The normalized spacial score (nSPS) is 13.2. The molecule has 0 spiro atoms. The summed E-state index contributed by atoms with van der Waals surface area (Å²) < 4.78 is 163. The molecule has 256 valence electrons. The zero-order valence-electron chi connectivity index (χ0n) is 23.7. The molecule has 0 aliphatic rings. The molecule has 0 atom stereocenters. The Balaban J connectivity index is 2.04. The lowest BCUT2D eigenvalue weighted by atomic mass is 10.1. The van der Waals surface area contributed by atoms with Gasteiger partial charge in [0.05, 0.1) is 5.69 Å². The summed E-state index contributed by atoms with van der Waals surface area (Å²) in [4.78, 5) is -6.10. The SMILES string of the molecule is CNc1ccc2c(O)c(N=Nc3cc(F)c(S(=O)(=O)O)c(F)c3S(=O)(=O)O)c(S(=O)(=O)O)cc2c1N=Nc1ccc(C)cc1S(=O)(=O)O. The molecule has 0 heterocycles. The lowest BCUT2D eigenvalue weighted by Crippen LogP contribution is -2.11. The lowest BCUT2D eigenvalue weighted by Gasteiger charge is -2.13. The molecule has 6 N–H and O–H groups in total. The maximum atomic E-state index is 14.8. The molecule has 0 saturated heterocycles. The van der Waals surface area contributed by atoms with Crippen LogP contribution in [0.3, 0.4) is 0 Å². The van der Waals surface area contributed by atoms with Crippen molar-refractivity contribution in [1.82, 2.24) is 0 Å². The molecule has 48 heavy (non-hydrogen) atoms. The minimum absolute atomic E-state index is 0.0875. The van der Waals surface area contributed by atoms with Crippen LogP contribution < -0.4 is 5.32 Å². The van der Waals surface area contributed by atoms with Gasteiger partial charge in [0, 0.05) is 23.9 Å². The number of phenols is 1. The summed E-state index contributed by atoms with van der Waals surface area (Å²) in [5.41, 5.74) is -2.77. The number of aromatic hydroxyl groups is 1. The first-order valence-corrected chi connectivity index (χ1v) is 18.1. The fraction of sp³-hybridized carbons (Fsp3) is 0.0833. The van der Waals surface area contributed by atoms with Crippen molar-refractivity contribution in [1.29, 1.82) is 0 Å². The fourth-order valence-corrected chi connectivity index (χ4v) is 7.00. The van der Waals surface area contributed by atoms with E-state index in [4.69, 9.17) is 4.55 Å². The Labute approximate surface area is 269 Å². The Bertz CT molecular complexity index is 2540. The van der Waals surface area contributed by atoms with Gasteiger partial charge in [0.15, 0.2) is 21.4 Å². The largest absolute Gasteiger partial charge is 0.505 e. The van der Waals surface area contributed by atoms with Crippen LogP contribution in [0.25, 0.3) is 10.8 Å². The highest BCUT2D eigenvalue weighted by Crippen LogP contribution is 2.47. The van der Waals surface area contributed by atoms with Crippen LogP contribution in [0.15, 0.2) is 82.5 Å².